The van der Waals surface area contributed by atoms with Crippen LogP contribution in [-0.4, -0.2) is 22.6 Å². The SMILES string of the molecule is O=C1Nc2ccc(C(=O)NCc3ccncc3)cc2C(=O)/C1=C\c1cccc(Cl)c1. The molecule has 2 amide bonds. The van der Waals surface area contributed by atoms with Crippen molar-refractivity contribution in [1.82, 2.24) is 10.3 Å². The molecule has 0 fully saturated rings. The molecule has 2 heterocycles. The van der Waals surface area contributed by atoms with E-state index in [1.165, 1.54) is 12.1 Å². The molecule has 2 N–H and O–H groups in total. The predicted molar refractivity (Wildman–Crippen MR) is 114 cm³/mol. The summed E-state index contributed by atoms with van der Waals surface area (Å²) < 4.78 is 0. The van der Waals surface area contributed by atoms with E-state index in [1.54, 1.807) is 60.9 Å². The summed E-state index contributed by atoms with van der Waals surface area (Å²) in [7, 11) is 0. The van der Waals surface area contributed by atoms with Gasteiger partial charge in [-0.05, 0) is 59.7 Å². The van der Waals surface area contributed by atoms with Crippen LogP contribution in [-0.2, 0) is 11.3 Å². The van der Waals surface area contributed by atoms with Crippen molar-refractivity contribution in [3.63, 3.8) is 0 Å². The van der Waals surface area contributed by atoms with Gasteiger partial charge in [0.05, 0.1) is 11.3 Å². The minimum atomic E-state index is -0.498. The summed E-state index contributed by atoms with van der Waals surface area (Å²) in [5, 5.41) is 6.01. The van der Waals surface area contributed by atoms with Gasteiger partial charge in [0, 0.05) is 35.1 Å². The molecule has 2 aromatic carbocycles. The normalized spacial score (nSPS) is 14.2. The molecule has 6 nitrogen and oxygen atoms in total. The Labute approximate surface area is 177 Å². The molecule has 7 heteroatoms. The highest BCUT2D eigenvalue weighted by Crippen LogP contribution is 2.28. The van der Waals surface area contributed by atoms with Crippen LogP contribution in [0.5, 0.6) is 0 Å². The first kappa shape index (κ1) is 19.5. The summed E-state index contributed by atoms with van der Waals surface area (Å²) >= 11 is 5.98. The molecule has 0 atom stereocenters. The van der Waals surface area contributed by atoms with Crippen LogP contribution in [0.1, 0.15) is 31.8 Å². The third kappa shape index (κ3) is 4.14. The van der Waals surface area contributed by atoms with E-state index in [4.69, 9.17) is 11.6 Å². The highest BCUT2D eigenvalue weighted by Gasteiger charge is 2.29. The maximum Gasteiger partial charge on any atom is 0.259 e. The van der Waals surface area contributed by atoms with E-state index in [9.17, 15) is 14.4 Å². The van der Waals surface area contributed by atoms with Crippen LogP contribution in [0.4, 0.5) is 5.69 Å². The molecule has 1 aliphatic heterocycles. The molecule has 4 rings (SSSR count). The van der Waals surface area contributed by atoms with Crippen molar-refractivity contribution in [3.05, 3.63) is 99.8 Å². The Balaban J connectivity index is 1.59. The van der Waals surface area contributed by atoms with E-state index in [0.29, 0.717) is 28.4 Å². The average Bonchev–Trinajstić information content (AvgIpc) is 2.75. The fraction of sp³-hybridized carbons (Fsp3) is 0.0435. The van der Waals surface area contributed by atoms with Gasteiger partial charge in [-0.2, -0.15) is 0 Å². The van der Waals surface area contributed by atoms with Crippen molar-refractivity contribution < 1.29 is 14.4 Å². The number of Topliss-reactive ketones (excluding diaryl/α,β-unsaturated/α-hetero) is 1. The number of pyridine rings is 1. The zero-order chi connectivity index (χ0) is 21.1. The van der Waals surface area contributed by atoms with Crippen LogP contribution in [0.25, 0.3) is 6.08 Å². The van der Waals surface area contributed by atoms with Crippen LogP contribution >= 0.6 is 11.6 Å². The molecule has 0 bridgehead atoms. The van der Waals surface area contributed by atoms with E-state index in [2.05, 4.69) is 15.6 Å². The Morgan fingerprint density at radius 1 is 1.07 bits per heavy atom. The molecule has 0 spiro atoms. The number of anilines is 1. The standard InChI is InChI=1S/C23H16ClN3O3/c24-17-3-1-2-15(10-17)11-19-21(28)18-12-16(4-5-20(18)27-23(19)30)22(29)26-13-14-6-8-25-9-7-14/h1-12H,13H2,(H,26,29)(H,27,30)/b19-11+. The molecule has 1 aromatic heterocycles. The number of amides is 2. The number of carbonyl (C=O) groups excluding carboxylic acids is 3. The van der Waals surface area contributed by atoms with Crippen molar-refractivity contribution >= 4 is 41.0 Å². The first-order valence-corrected chi connectivity index (χ1v) is 9.53. The van der Waals surface area contributed by atoms with E-state index in [1.807, 2.05) is 0 Å². The third-order valence-electron chi connectivity index (χ3n) is 4.63. The fourth-order valence-electron chi connectivity index (χ4n) is 3.10. The van der Waals surface area contributed by atoms with Crippen LogP contribution in [0.3, 0.4) is 0 Å². The van der Waals surface area contributed by atoms with E-state index < -0.39 is 11.7 Å². The Morgan fingerprint density at radius 3 is 2.63 bits per heavy atom. The second-order valence-corrected chi connectivity index (χ2v) is 7.13. The Kier molecular flexibility index (Phi) is 5.41. The fourth-order valence-corrected chi connectivity index (χ4v) is 3.30. The molecule has 0 unspecified atom stereocenters. The molecule has 0 saturated carbocycles. The maximum absolute atomic E-state index is 13.0. The predicted octanol–water partition coefficient (Wildman–Crippen LogP) is 3.88. The van der Waals surface area contributed by atoms with Crippen molar-refractivity contribution in [1.29, 1.82) is 0 Å². The molecule has 0 saturated heterocycles. The van der Waals surface area contributed by atoms with Gasteiger partial charge >= 0.3 is 0 Å². The van der Waals surface area contributed by atoms with Crippen molar-refractivity contribution in [2.24, 2.45) is 0 Å². The quantitative estimate of drug-likeness (QED) is 0.498. The molecule has 0 aliphatic carbocycles. The van der Waals surface area contributed by atoms with Crippen molar-refractivity contribution in [2.45, 2.75) is 6.54 Å². The maximum atomic E-state index is 13.0. The van der Waals surface area contributed by atoms with Gasteiger partial charge in [-0.25, -0.2) is 0 Å². The van der Waals surface area contributed by atoms with Crippen LogP contribution < -0.4 is 10.6 Å². The monoisotopic (exact) mass is 417 g/mol. The van der Waals surface area contributed by atoms with Gasteiger partial charge in [-0.1, -0.05) is 23.7 Å². The highest BCUT2D eigenvalue weighted by molar-refractivity contribution is 6.36. The summed E-state index contributed by atoms with van der Waals surface area (Å²) in [6, 6.07) is 15.1. The molecule has 1 aliphatic rings. The minimum absolute atomic E-state index is 0.0147. The van der Waals surface area contributed by atoms with Gasteiger partial charge in [0.25, 0.3) is 11.8 Å². The van der Waals surface area contributed by atoms with Gasteiger partial charge in [-0.15, -0.1) is 0 Å². The number of carbonyl (C=O) groups is 3. The van der Waals surface area contributed by atoms with E-state index >= 15 is 0 Å². The van der Waals surface area contributed by atoms with Gasteiger partial charge in [0.1, 0.15) is 0 Å². The summed E-state index contributed by atoms with van der Waals surface area (Å²) in [5.41, 5.74) is 2.49. The largest absolute Gasteiger partial charge is 0.348 e. The van der Waals surface area contributed by atoms with Gasteiger partial charge in [0.2, 0.25) is 5.78 Å². The summed E-state index contributed by atoms with van der Waals surface area (Å²) in [6.07, 6.45) is 4.79. The molecule has 0 radical (unpaired) electrons. The van der Waals surface area contributed by atoms with Gasteiger partial charge in [-0.3, -0.25) is 19.4 Å². The third-order valence-corrected chi connectivity index (χ3v) is 4.86. The van der Waals surface area contributed by atoms with Gasteiger partial charge < -0.3 is 10.6 Å². The van der Waals surface area contributed by atoms with Crippen LogP contribution in [0.15, 0.2) is 72.6 Å². The summed E-state index contributed by atoms with van der Waals surface area (Å²) in [5.74, 6) is -1.26. The lowest BCUT2D eigenvalue weighted by Gasteiger charge is -2.19. The topological polar surface area (TPSA) is 88.2 Å². The number of benzene rings is 2. The smallest absolute Gasteiger partial charge is 0.259 e. The lowest BCUT2D eigenvalue weighted by atomic mass is 9.93. The molecular weight excluding hydrogens is 402 g/mol. The Morgan fingerprint density at radius 2 is 1.87 bits per heavy atom. The number of hydrogen-bond donors (Lipinski definition) is 2. The summed E-state index contributed by atoms with van der Waals surface area (Å²) in [4.78, 5) is 41.9. The van der Waals surface area contributed by atoms with Crippen LogP contribution in [0, 0.1) is 0 Å². The zero-order valence-corrected chi connectivity index (χ0v) is 16.4. The lowest BCUT2D eigenvalue weighted by molar-refractivity contribution is -0.112. The second kappa shape index (κ2) is 8.31. The molecule has 148 valence electrons. The summed E-state index contributed by atoms with van der Waals surface area (Å²) in [6.45, 7) is 0.336. The number of aromatic nitrogens is 1. The number of rotatable bonds is 4. The number of fused-ring (bicyclic) bond motifs is 1. The molecular formula is C23H16ClN3O3. The Hall–Kier alpha value is -3.77. The highest BCUT2D eigenvalue weighted by atomic mass is 35.5. The first-order valence-electron chi connectivity index (χ1n) is 9.16. The number of hydrogen-bond acceptors (Lipinski definition) is 4. The van der Waals surface area contributed by atoms with Crippen molar-refractivity contribution in [2.75, 3.05) is 5.32 Å². The molecule has 30 heavy (non-hydrogen) atoms. The minimum Gasteiger partial charge on any atom is -0.348 e. The van der Waals surface area contributed by atoms with Crippen molar-refractivity contribution in [3.8, 4) is 0 Å². The van der Waals surface area contributed by atoms with E-state index in [0.717, 1.165) is 5.56 Å². The average molecular weight is 418 g/mol. The van der Waals surface area contributed by atoms with E-state index in [-0.39, 0.29) is 17.0 Å². The van der Waals surface area contributed by atoms with Gasteiger partial charge in [0.15, 0.2) is 0 Å². The molecule has 3 aromatic rings. The number of nitrogens with one attached hydrogen (secondary N) is 2. The Bertz CT molecular complexity index is 1190. The van der Waals surface area contributed by atoms with Crippen LogP contribution in [0.2, 0.25) is 5.02 Å². The number of ketones is 1. The lowest BCUT2D eigenvalue weighted by Crippen LogP contribution is -2.28. The second-order valence-electron chi connectivity index (χ2n) is 6.69. The zero-order valence-electron chi connectivity index (χ0n) is 15.7. The number of nitrogens with zero attached hydrogens (tertiary/aromatic N) is 1. The number of halogens is 1. The first-order chi connectivity index (χ1) is 14.5.